The van der Waals surface area contributed by atoms with Crippen molar-refractivity contribution in [3.63, 3.8) is 0 Å². The Balaban J connectivity index is 1.71. The zero-order valence-corrected chi connectivity index (χ0v) is 11.6. The predicted octanol–water partition coefficient (Wildman–Crippen LogP) is 3.85. The Morgan fingerprint density at radius 3 is 2.63 bits per heavy atom. The number of hydrogen-bond acceptors (Lipinski definition) is 2. The van der Waals surface area contributed by atoms with Gasteiger partial charge in [0.1, 0.15) is 6.10 Å². The van der Waals surface area contributed by atoms with Crippen LogP contribution in [0.25, 0.3) is 0 Å². The van der Waals surface area contributed by atoms with Crippen LogP contribution in [0.3, 0.4) is 0 Å². The normalized spacial score (nSPS) is 17.7. The van der Waals surface area contributed by atoms with E-state index in [1.165, 1.54) is 24.8 Å². The summed E-state index contributed by atoms with van der Waals surface area (Å²) in [6.45, 7) is 2.73. The van der Waals surface area contributed by atoms with Crippen LogP contribution in [0.4, 0.5) is 4.79 Å². The third kappa shape index (κ3) is 4.58. The standard InChI is InChI=1S/C16H23NO2/c1-13(14-8-4-2-5-9-14)12-17-16(18)19-15-10-6-3-7-11-15/h2,4-5,8-9,13,15H,3,6-7,10-12H2,1H3,(H,17,18). The minimum atomic E-state index is -0.269. The summed E-state index contributed by atoms with van der Waals surface area (Å²) in [6.07, 6.45) is 5.52. The molecule has 0 radical (unpaired) electrons. The van der Waals surface area contributed by atoms with Crippen LogP contribution in [0.15, 0.2) is 30.3 Å². The molecule has 1 aliphatic carbocycles. The van der Waals surface area contributed by atoms with Crippen molar-refractivity contribution in [2.75, 3.05) is 6.54 Å². The van der Waals surface area contributed by atoms with Crippen molar-refractivity contribution < 1.29 is 9.53 Å². The highest BCUT2D eigenvalue weighted by atomic mass is 16.6. The molecule has 1 aromatic carbocycles. The number of benzene rings is 1. The quantitative estimate of drug-likeness (QED) is 0.894. The molecule has 19 heavy (non-hydrogen) atoms. The van der Waals surface area contributed by atoms with Gasteiger partial charge < -0.3 is 10.1 Å². The van der Waals surface area contributed by atoms with E-state index < -0.39 is 0 Å². The van der Waals surface area contributed by atoms with Crippen LogP contribution in [0.1, 0.15) is 50.5 Å². The molecule has 3 heteroatoms. The first-order chi connectivity index (χ1) is 9.25. The van der Waals surface area contributed by atoms with E-state index in [1.807, 2.05) is 18.2 Å². The Hall–Kier alpha value is -1.51. The maximum atomic E-state index is 11.7. The van der Waals surface area contributed by atoms with Gasteiger partial charge in [0, 0.05) is 6.54 Å². The van der Waals surface area contributed by atoms with Crippen LogP contribution >= 0.6 is 0 Å². The lowest BCUT2D eigenvalue weighted by molar-refractivity contribution is 0.0751. The molecule has 3 nitrogen and oxygen atoms in total. The van der Waals surface area contributed by atoms with E-state index in [1.54, 1.807) is 0 Å². The maximum absolute atomic E-state index is 11.7. The molecule has 1 amide bonds. The van der Waals surface area contributed by atoms with Crippen molar-refractivity contribution in [3.8, 4) is 0 Å². The van der Waals surface area contributed by atoms with Gasteiger partial charge in [-0.25, -0.2) is 4.79 Å². The van der Waals surface area contributed by atoms with Gasteiger partial charge in [-0.3, -0.25) is 0 Å². The summed E-state index contributed by atoms with van der Waals surface area (Å²) in [5.41, 5.74) is 1.24. The Bertz CT molecular complexity index is 385. The number of hydrogen-bond donors (Lipinski definition) is 1. The molecule has 0 aromatic heterocycles. The van der Waals surface area contributed by atoms with E-state index >= 15 is 0 Å². The summed E-state index contributed by atoms with van der Waals surface area (Å²) in [4.78, 5) is 11.7. The molecule has 0 bridgehead atoms. The Labute approximate surface area is 115 Å². The van der Waals surface area contributed by atoms with Crippen molar-refractivity contribution in [2.24, 2.45) is 0 Å². The summed E-state index contributed by atoms with van der Waals surface area (Å²) < 4.78 is 5.43. The van der Waals surface area contributed by atoms with Crippen molar-refractivity contribution in [1.82, 2.24) is 5.32 Å². The molecule has 0 heterocycles. The molecule has 1 aromatic rings. The zero-order valence-electron chi connectivity index (χ0n) is 11.6. The van der Waals surface area contributed by atoms with E-state index in [0.717, 1.165) is 12.8 Å². The second-order valence-corrected chi connectivity index (χ2v) is 5.36. The number of amides is 1. The van der Waals surface area contributed by atoms with Crippen LogP contribution in [0, 0.1) is 0 Å². The summed E-state index contributed by atoms with van der Waals surface area (Å²) >= 11 is 0. The minimum Gasteiger partial charge on any atom is -0.446 e. The van der Waals surface area contributed by atoms with E-state index in [2.05, 4.69) is 24.4 Å². The van der Waals surface area contributed by atoms with Gasteiger partial charge >= 0.3 is 6.09 Å². The molecule has 1 fully saturated rings. The van der Waals surface area contributed by atoms with E-state index in [4.69, 9.17) is 4.74 Å². The average molecular weight is 261 g/mol. The van der Waals surface area contributed by atoms with Gasteiger partial charge in [-0.2, -0.15) is 0 Å². The van der Waals surface area contributed by atoms with Gasteiger partial charge in [-0.1, -0.05) is 43.7 Å². The number of carbonyl (C=O) groups excluding carboxylic acids is 1. The van der Waals surface area contributed by atoms with Gasteiger partial charge in [-0.05, 0) is 37.2 Å². The second kappa shape index (κ2) is 7.17. The van der Waals surface area contributed by atoms with Crippen LogP contribution in [-0.4, -0.2) is 18.7 Å². The lowest BCUT2D eigenvalue weighted by Gasteiger charge is -2.22. The van der Waals surface area contributed by atoms with Gasteiger partial charge in [0.2, 0.25) is 0 Å². The third-order valence-corrected chi connectivity index (χ3v) is 3.75. The third-order valence-electron chi connectivity index (χ3n) is 3.75. The molecule has 1 unspecified atom stereocenters. The fraction of sp³-hybridized carbons (Fsp3) is 0.562. The fourth-order valence-corrected chi connectivity index (χ4v) is 2.51. The summed E-state index contributed by atoms with van der Waals surface area (Å²) in [5, 5.41) is 2.87. The number of rotatable bonds is 4. The number of alkyl carbamates (subject to hydrolysis) is 1. The molecule has 1 N–H and O–H groups in total. The Morgan fingerprint density at radius 2 is 1.95 bits per heavy atom. The predicted molar refractivity (Wildman–Crippen MR) is 76.2 cm³/mol. The first-order valence-electron chi connectivity index (χ1n) is 7.25. The highest BCUT2D eigenvalue weighted by Gasteiger charge is 2.17. The highest BCUT2D eigenvalue weighted by Crippen LogP contribution is 2.20. The first-order valence-corrected chi connectivity index (χ1v) is 7.25. The van der Waals surface area contributed by atoms with Gasteiger partial charge in [0.05, 0.1) is 0 Å². The molecular weight excluding hydrogens is 238 g/mol. The molecule has 2 rings (SSSR count). The van der Waals surface area contributed by atoms with E-state index in [9.17, 15) is 4.79 Å². The summed E-state index contributed by atoms with van der Waals surface area (Å²) in [7, 11) is 0. The first kappa shape index (κ1) is 13.9. The van der Waals surface area contributed by atoms with Crippen LogP contribution in [0.2, 0.25) is 0 Å². The Kier molecular flexibility index (Phi) is 5.25. The summed E-state index contributed by atoms with van der Waals surface area (Å²) in [6, 6.07) is 10.2. The lowest BCUT2D eigenvalue weighted by Crippen LogP contribution is -2.32. The maximum Gasteiger partial charge on any atom is 0.407 e. The van der Waals surface area contributed by atoms with Gasteiger partial charge in [-0.15, -0.1) is 0 Å². The molecular formula is C16H23NO2. The molecule has 104 valence electrons. The van der Waals surface area contributed by atoms with Crippen molar-refractivity contribution in [1.29, 1.82) is 0 Å². The number of nitrogens with one attached hydrogen (secondary N) is 1. The van der Waals surface area contributed by atoms with Crippen molar-refractivity contribution >= 4 is 6.09 Å². The lowest BCUT2D eigenvalue weighted by atomic mass is 9.98. The topological polar surface area (TPSA) is 38.3 Å². The molecule has 0 saturated heterocycles. The smallest absolute Gasteiger partial charge is 0.407 e. The molecule has 1 atom stereocenters. The summed E-state index contributed by atoms with van der Waals surface area (Å²) in [5.74, 6) is 0.306. The zero-order chi connectivity index (χ0) is 13.5. The molecule has 0 aliphatic heterocycles. The van der Waals surface area contributed by atoms with Gasteiger partial charge in [0.15, 0.2) is 0 Å². The largest absolute Gasteiger partial charge is 0.446 e. The molecule has 1 saturated carbocycles. The van der Waals surface area contributed by atoms with E-state index in [-0.39, 0.29) is 12.2 Å². The van der Waals surface area contributed by atoms with Crippen LogP contribution in [-0.2, 0) is 4.74 Å². The van der Waals surface area contributed by atoms with Crippen LogP contribution < -0.4 is 5.32 Å². The number of carbonyl (C=O) groups is 1. The SMILES string of the molecule is CC(CNC(=O)OC1CCCCC1)c1ccccc1. The Morgan fingerprint density at radius 1 is 1.26 bits per heavy atom. The van der Waals surface area contributed by atoms with Crippen LogP contribution in [0.5, 0.6) is 0 Å². The fourth-order valence-electron chi connectivity index (χ4n) is 2.51. The minimum absolute atomic E-state index is 0.126. The number of ether oxygens (including phenoxy) is 1. The molecule has 0 spiro atoms. The molecule has 1 aliphatic rings. The second-order valence-electron chi connectivity index (χ2n) is 5.36. The van der Waals surface area contributed by atoms with E-state index in [0.29, 0.717) is 12.5 Å². The van der Waals surface area contributed by atoms with Crippen molar-refractivity contribution in [3.05, 3.63) is 35.9 Å². The van der Waals surface area contributed by atoms with Crippen molar-refractivity contribution in [2.45, 2.75) is 51.0 Å². The monoisotopic (exact) mass is 261 g/mol. The highest BCUT2D eigenvalue weighted by molar-refractivity contribution is 5.67. The van der Waals surface area contributed by atoms with Gasteiger partial charge in [0.25, 0.3) is 0 Å². The average Bonchev–Trinajstić information content (AvgIpc) is 2.47.